The molecule has 1 fully saturated rings. The predicted molar refractivity (Wildman–Crippen MR) is 42.0 cm³/mol. The minimum absolute atomic E-state index is 0.0231. The molecule has 70 valence electrons. The van der Waals surface area contributed by atoms with Gasteiger partial charge in [-0.1, -0.05) is 0 Å². The van der Waals surface area contributed by atoms with Gasteiger partial charge in [0.05, 0.1) is 19.3 Å². The van der Waals surface area contributed by atoms with Gasteiger partial charge in [0.2, 0.25) is 0 Å². The van der Waals surface area contributed by atoms with Crippen LogP contribution in [0.1, 0.15) is 19.8 Å². The van der Waals surface area contributed by atoms with Crippen molar-refractivity contribution < 1.29 is 19.4 Å². The summed E-state index contributed by atoms with van der Waals surface area (Å²) in [5.41, 5.74) is 0. The number of carboxylic acids is 1. The molecule has 0 aliphatic carbocycles. The molecule has 1 aliphatic heterocycles. The largest absolute Gasteiger partial charge is 0.481 e. The van der Waals surface area contributed by atoms with Crippen LogP contribution in [-0.2, 0) is 14.3 Å². The zero-order chi connectivity index (χ0) is 8.97. The van der Waals surface area contributed by atoms with E-state index in [4.69, 9.17) is 14.6 Å². The van der Waals surface area contributed by atoms with Gasteiger partial charge < -0.3 is 14.6 Å². The predicted octanol–water partition coefficient (Wildman–Crippen LogP) is 0.655. The average Bonchev–Trinajstić information content (AvgIpc) is 1.93. The van der Waals surface area contributed by atoms with Gasteiger partial charge in [-0.15, -0.1) is 0 Å². The molecule has 1 aliphatic rings. The van der Waals surface area contributed by atoms with E-state index < -0.39 is 5.97 Å². The molecule has 0 amide bonds. The van der Waals surface area contributed by atoms with Crippen molar-refractivity contribution in [2.75, 3.05) is 13.2 Å². The van der Waals surface area contributed by atoms with Gasteiger partial charge in [-0.05, 0) is 13.3 Å². The minimum atomic E-state index is -0.768. The summed E-state index contributed by atoms with van der Waals surface area (Å²) in [6, 6.07) is 0. The highest BCUT2D eigenvalue weighted by atomic mass is 16.6. The van der Waals surface area contributed by atoms with Gasteiger partial charge in [0, 0.05) is 6.42 Å². The second kappa shape index (κ2) is 4.42. The molecule has 4 nitrogen and oxygen atoms in total. The first kappa shape index (κ1) is 9.48. The third kappa shape index (κ3) is 3.19. The number of rotatable bonds is 5. The molecule has 0 aromatic heterocycles. The summed E-state index contributed by atoms with van der Waals surface area (Å²) < 4.78 is 10.4. The van der Waals surface area contributed by atoms with Crippen LogP contribution in [0.15, 0.2) is 0 Å². The number of hydrogen-bond acceptors (Lipinski definition) is 3. The first-order valence-electron chi connectivity index (χ1n) is 4.13. The van der Waals surface area contributed by atoms with Crippen LogP contribution in [0.2, 0.25) is 0 Å². The Morgan fingerprint density at radius 1 is 1.75 bits per heavy atom. The Morgan fingerprint density at radius 3 is 2.83 bits per heavy atom. The molecule has 0 spiro atoms. The summed E-state index contributed by atoms with van der Waals surface area (Å²) in [6.07, 6.45) is 0.962. The molecule has 1 saturated heterocycles. The van der Waals surface area contributed by atoms with E-state index in [0.29, 0.717) is 19.6 Å². The van der Waals surface area contributed by atoms with E-state index >= 15 is 0 Å². The molecule has 12 heavy (non-hydrogen) atoms. The van der Waals surface area contributed by atoms with Gasteiger partial charge in [-0.2, -0.15) is 0 Å². The molecular formula is C8H14O4. The second-order valence-corrected chi connectivity index (χ2v) is 3.04. The van der Waals surface area contributed by atoms with Crippen molar-refractivity contribution in [3.05, 3.63) is 0 Å². The Bertz CT molecular complexity index is 153. The lowest BCUT2D eigenvalue weighted by atomic mass is 10.2. The van der Waals surface area contributed by atoms with Crippen molar-refractivity contribution in [3.8, 4) is 0 Å². The Hall–Kier alpha value is -0.610. The van der Waals surface area contributed by atoms with E-state index in [1.165, 1.54) is 0 Å². The quantitative estimate of drug-likeness (QED) is 0.665. The van der Waals surface area contributed by atoms with Crippen molar-refractivity contribution in [1.29, 1.82) is 0 Å². The monoisotopic (exact) mass is 174 g/mol. The highest BCUT2D eigenvalue weighted by molar-refractivity contribution is 5.66. The fraction of sp³-hybridized carbons (Fsp3) is 0.875. The third-order valence-corrected chi connectivity index (χ3v) is 1.80. The van der Waals surface area contributed by atoms with Crippen LogP contribution in [0, 0.1) is 0 Å². The summed E-state index contributed by atoms with van der Waals surface area (Å²) >= 11 is 0. The van der Waals surface area contributed by atoms with Crippen molar-refractivity contribution >= 4 is 5.97 Å². The van der Waals surface area contributed by atoms with E-state index in [-0.39, 0.29) is 18.6 Å². The smallest absolute Gasteiger partial charge is 0.303 e. The summed E-state index contributed by atoms with van der Waals surface area (Å²) in [6.45, 7) is 3.19. The summed E-state index contributed by atoms with van der Waals surface area (Å²) in [5, 5.41) is 8.39. The van der Waals surface area contributed by atoms with Crippen molar-refractivity contribution in [3.63, 3.8) is 0 Å². The van der Waals surface area contributed by atoms with Crippen LogP contribution in [0.4, 0.5) is 0 Å². The molecule has 1 atom stereocenters. The number of hydrogen-bond donors (Lipinski definition) is 1. The molecule has 1 unspecified atom stereocenters. The van der Waals surface area contributed by atoms with Crippen molar-refractivity contribution in [2.45, 2.75) is 32.0 Å². The molecule has 1 N–H and O–H groups in total. The molecule has 0 radical (unpaired) electrons. The van der Waals surface area contributed by atoms with Crippen LogP contribution in [0.5, 0.6) is 0 Å². The maximum absolute atomic E-state index is 10.2. The SMILES string of the molecule is CC(CCC(=O)O)OC1COC1. The van der Waals surface area contributed by atoms with Crippen LogP contribution >= 0.6 is 0 Å². The fourth-order valence-corrected chi connectivity index (χ4v) is 1.02. The van der Waals surface area contributed by atoms with Gasteiger partial charge in [0.15, 0.2) is 0 Å². The lowest BCUT2D eigenvalue weighted by Crippen LogP contribution is -2.38. The van der Waals surface area contributed by atoms with E-state index in [2.05, 4.69) is 0 Å². The van der Waals surface area contributed by atoms with Crippen LogP contribution in [0.25, 0.3) is 0 Å². The fourth-order valence-electron chi connectivity index (χ4n) is 1.02. The molecular weight excluding hydrogens is 160 g/mol. The average molecular weight is 174 g/mol. The summed E-state index contributed by atoms with van der Waals surface area (Å²) in [5.74, 6) is -0.768. The van der Waals surface area contributed by atoms with Gasteiger partial charge in [0.1, 0.15) is 6.10 Å². The second-order valence-electron chi connectivity index (χ2n) is 3.04. The molecule has 0 saturated carbocycles. The molecule has 0 aromatic rings. The molecule has 0 bridgehead atoms. The van der Waals surface area contributed by atoms with E-state index in [1.54, 1.807) is 0 Å². The van der Waals surface area contributed by atoms with Crippen molar-refractivity contribution in [1.82, 2.24) is 0 Å². The zero-order valence-corrected chi connectivity index (χ0v) is 7.16. The summed E-state index contributed by atoms with van der Waals surface area (Å²) in [4.78, 5) is 10.2. The number of aliphatic carboxylic acids is 1. The van der Waals surface area contributed by atoms with Gasteiger partial charge >= 0.3 is 5.97 Å². The van der Waals surface area contributed by atoms with Gasteiger partial charge in [-0.3, -0.25) is 4.79 Å². The number of carbonyl (C=O) groups is 1. The maximum Gasteiger partial charge on any atom is 0.303 e. The van der Waals surface area contributed by atoms with Gasteiger partial charge in [-0.25, -0.2) is 0 Å². The Kier molecular flexibility index (Phi) is 3.49. The zero-order valence-electron chi connectivity index (χ0n) is 7.16. The lowest BCUT2D eigenvalue weighted by Gasteiger charge is -2.28. The molecule has 1 rings (SSSR count). The highest BCUT2D eigenvalue weighted by Crippen LogP contribution is 2.11. The van der Waals surface area contributed by atoms with E-state index in [0.717, 1.165) is 0 Å². The third-order valence-electron chi connectivity index (χ3n) is 1.80. The maximum atomic E-state index is 10.2. The molecule has 0 aromatic carbocycles. The van der Waals surface area contributed by atoms with Crippen LogP contribution in [-0.4, -0.2) is 36.5 Å². The van der Waals surface area contributed by atoms with Gasteiger partial charge in [0.25, 0.3) is 0 Å². The normalized spacial score (nSPS) is 20.1. The van der Waals surface area contributed by atoms with E-state index in [9.17, 15) is 4.79 Å². The minimum Gasteiger partial charge on any atom is -0.481 e. The first-order valence-corrected chi connectivity index (χ1v) is 4.13. The lowest BCUT2D eigenvalue weighted by molar-refractivity contribution is -0.155. The number of ether oxygens (including phenoxy) is 2. The van der Waals surface area contributed by atoms with Crippen molar-refractivity contribution in [2.24, 2.45) is 0 Å². The highest BCUT2D eigenvalue weighted by Gasteiger charge is 2.21. The summed E-state index contributed by atoms with van der Waals surface area (Å²) in [7, 11) is 0. The standard InChI is InChI=1S/C8H14O4/c1-6(2-3-8(9)10)12-7-4-11-5-7/h6-7H,2-5H2,1H3,(H,9,10). The Balaban J connectivity index is 2.02. The Morgan fingerprint density at radius 2 is 2.42 bits per heavy atom. The Labute approximate surface area is 71.5 Å². The first-order chi connectivity index (χ1) is 5.68. The topological polar surface area (TPSA) is 55.8 Å². The van der Waals surface area contributed by atoms with Crippen LogP contribution < -0.4 is 0 Å². The molecule has 4 heteroatoms. The van der Waals surface area contributed by atoms with Crippen LogP contribution in [0.3, 0.4) is 0 Å². The molecule has 1 heterocycles. The van der Waals surface area contributed by atoms with E-state index in [1.807, 2.05) is 6.92 Å². The number of carboxylic acid groups (broad SMARTS) is 1.